The summed E-state index contributed by atoms with van der Waals surface area (Å²) < 4.78 is 5.80. The average molecular weight is 291 g/mol. The van der Waals surface area contributed by atoms with Crippen molar-refractivity contribution < 1.29 is 4.74 Å². The Bertz CT molecular complexity index is 503. The summed E-state index contributed by atoms with van der Waals surface area (Å²) in [4.78, 5) is 0. The van der Waals surface area contributed by atoms with Crippen LogP contribution in [0.5, 0.6) is 11.5 Å². The van der Waals surface area contributed by atoms with E-state index in [9.17, 15) is 0 Å². The van der Waals surface area contributed by atoms with Crippen LogP contribution in [0.2, 0.25) is 0 Å². The minimum Gasteiger partial charge on any atom is -0.457 e. The average Bonchev–Trinajstić information content (AvgIpc) is 2.32. The van der Waals surface area contributed by atoms with Crippen LogP contribution < -0.4 is 4.74 Å². The van der Waals surface area contributed by atoms with E-state index in [4.69, 9.17) is 4.74 Å². The predicted octanol–water partition coefficient (Wildman–Crippen LogP) is 4.99. The van der Waals surface area contributed by atoms with Crippen LogP contribution in [0.3, 0.4) is 0 Å². The van der Waals surface area contributed by atoms with Gasteiger partial charge in [-0.25, -0.2) is 0 Å². The van der Waals surface area contributed by atoms with Crippen LogP contribution in [-0.4, -0.2) is 0 Å². The number of aryl methyl sites for hydroxylation is 2. The van der Waals surface area contributed by atoms with Crippen molar-refractivity contribution in [3.8, 4) is 11.5 Å². The maximum Gasteiger partial charge on any atom is 0.127 e. The van der Waals surface area contributed by atoms with E-state index in [0.717, 1.165) is 16.8 Å². The Labute approximate surface area is 111 Å². The summed E-state index contributed by atoms with van der Waals surface area (Å²) in [5, 5.41) is 0.879. The van der Waals surface area contributed by atoms with E-state index >= 15 is 0 Å². The van der Waals surface area contributed by atoms with E-state index in [-0.39, 0.29) is 0 Å². The van der Waals surface area contributed by atoms with Gasteiger partial charge in [-0.3, -0.25) is 0 Å². The molecule has 88 valence electrons. The van der Waals surface area contributed by atoms with Gasteiger partial charge in [-0.05, 0) is 49.2 Å². The summed E-state index contributed by atoms with van der Waals surface area (Å²) in [5.41, 5.74) is 3.77. The smallest absolute Gasteiger partial charge is 0.127 e. The number of benzene rings is 2. The minimum atomic E-state index is 0.876. The van der Waals surface area contributed by atoms with Gasteiger partial charge in [0, 0.05) is 5.33 Å². The molecule has 1 nitrogen and oxygen atoms in total. The molecule has 0 atom stereocenters. The van der Waals surface area contributed by atoms with Crippen molar-refractivity contribution >= 4 is 15.9 Å². The normalized spacial score (nSPS) is 10.3. The molecule has 2 rings (SSSR count). The van der Waals surface area contributed by atoms with Gasteiger partial charge in [0.05, 0.1) is 0 Å². The molecule has 2 aromatic carbocycles. The number of ether oxygens (including phenoxy) is 1. The molecule has 2 heteroatoms. The van der Waals surface area contributed by atoms with Crippen molar-refractivity contribution in [2.24, 2.45) is 0 Å². The lowest BCUT2D eigenvalue weighted by Gasteiger charge is -2.08. The second-order valence-corrected chi connectivity index (χ2v) is 4.70. The Hall–Kier alpha value is -1.28. The van der Waals surface area contributed by atoms with Crippen LogP contribution in [0.15, 0.2) is 42.5 Å². The highest BCUT2D eigenvalue weighted by Gasteiger charge is 2.01. The molecule has 0 bridgehead atoms. The number of alkyl halides is 1. The van der Waals surface area contributed by atoms with Crippen molar-refractivity contribution in [2.75, 3.05) is 0 Å². The number of hydrogen-bond donors (Lipinski definition) is 0. The molecule has 0 aromatic heterocycles. The van der Waals surface area contributed by atoms with Gasteiger partial charge in [0.2, 0.25) is 0 Å². The molecule has 17 heavy (non-hydrogen) atoms. The Morgan fingerprint density at radius 1 is 0.941 bits per heavy atom. The van der Waals surface area contributed by atoms with Crippen LogP contribution in [0.4, 0.5) is 0 Å². The zero-order chi connectivity index (χ0) is 12.3. The molecule has 0 amide bonds. The van der Waals surface area contributed by atoms with E-state index in [2.05, 4.69) is 54.0 Å². The first kappa shape index (κ1) is 12.2. The summed E-state index contributed by atoms with van der Waals surface area (Å²) in [7, 11) is 0. The van der Waals surface area contributed by atoms with Crippen LogP contribution in [0.1, 0.15) is 16.7 Å². The highest BCUT2D eigenvalue weighted by atomic mass is 79.9. The molecular weight excluding hydrogens is 276 g/mol. The molecule has 0 spiro atoms. The Balaban J connectivity index is 2.19. The summed E-state index contributed by atoms with van der Waals surface area (Å²) in [6.07, 6.45) is 0. The standard InChI is InChI=1S/C15H15BrO/c1-11-3-6-14(7-4-11)17-15-8-5-13(10-16)12(2)9-15/h3-9H,10H2,1-2H3. The highest BCUT2D eigenvalue weighted by molar-refractivity contribution is 9.08. The fourth-order valence-electron chi connectivity index (χ4n) is 1.62. The topological polar surface area (TPSA) is 9.23 Å². The summed E-state index contributed by atoms with van der Waals surface area (Å²) in [5.74, 6) is 1.76. The van der Waals surface area contributed by atoms with Crippen molar-refractivity contribution in [2.45, 2.75) is 19.2 Å². The third-order valence-electron chi connectivity index (χ3n) is 2.71. The van der Waals surface area contributed by atoms with Crippen LogP contribution >= 0.6 is 15.9 Å². The lowest BCUT2D eigenvalue weighted by molar-refractivity contribution is 0.482. The lowest BCUT2D eigenvalue weighted by atomic mass is 10.1. The monoisotopic (exact) mass is 290 g/mol. The van der Waals surface area contributed by atoms with Crippen molar-refractivity contribution in [1.82, 2.24) is 0 Å². The maximum absolute atomic E-state index is 5.80. The Morgan fingerprint density at radius 3 is 2.18 bits per heavy atom. The molecule has 0 heterocycles. The maximum atomic E-state index is 5.80. The number of hydrogen-bond acceptors (Lipinski definition) is 1. The van der Waals surface area contributed by atoms with Gasteiger partial charge in [-0.1, -0.05) is 39.7 Å². The molecule has 0 aliphatic carbocycles. The first-order chi connectivity index (χ1) is 8.19. The van der Waals surface area contributed by atoms with Gasteiger partial charge in [0.15, 0.2) is 0 Å². The van der Waals surface area contributed by atoms with E-state index in [1.54, 1.807) is 0 Å². The summed E-state index contributed by atoms with van der Waals surface area (Å²) >= 11 is 3.47. The molecule has 0 N–H and O–H groups in total. The Kier molecular flexibility index (Phi) is 3.85. The van der Waals surface area contributed by atoms with E-state index < -0.39 is 0 Å². The van der Waals surface area contributed by atoms with Gasteiger partial charge < -0.3 is 4.74 Å². The molecular formula is C15H15BrO. The molecule has 0 fully saturated rings. The van der Waals surface area contributed by atoms with Gasteiger partial charge in [0.1, 0.15) is 11.5 Å². The second-order valence-electron chi connectivity index (χ2n) is 4.14. The van der Waals surface area contributed by atoms with Gasteiger partial charge in [0.25, 0.3) is 0 Å². The molecule has 0 saturated heterocycles. The predicted molar refractivity (Wildman–Crippen MR) is 75.1 cm³/mol. The van der Waals surface area contributed by atoms with E-state index in [1.165, 1.54) is 16.7 Å². The largest absolute Gasteiger partial charge is 0.457 e. The zero-order valence-electron chi connectivity index (χ0n) is 10.0. The third kappa shape index (κ3) is 3.10. The minimum absolute atomic E-state index is 0.876. The summed E-state index contributed by atoms with van der Waals surface area (Å²) in [6, 6.07) is 14.2. The molecule has 0 aliphatic heterocycles. The first-order valence-electron chi connectivity index (χ1n) is 5.59. The Morgan fingerprint density at radius 2 is 1.59 bits per heavy atom. The number of rotatable bonds is 3. The van der Waals surface area contributed by atoms with Crippen LogP contribution in [0, 0.1) is 13.8 Å². The molecule has 0 saturated carbocycles. The van der Waals surface area contributed by atoms with Crippen molar-refractivity contribution in [3.63, 3.8) is 0 Å². The zero-order valence-corrected chi connectivity index (χ0v) is 11.6. The fourth-order valence-corrected chi connectivity index (χ4v) is 2.25. The highest BCUT2D eigenvalue weighted by Crippen LogP contribution is 2.24. The van der Waals surface area contributed by atoms with Crippen LogP contribution in [-0.2, 0) is 5.33 Å². The van der Waals surface area contributed by atoms with Gasteiger partial charge >= 0.3 is 0 Å². The van der Waals surface area contributed by atoms with Gasteiger partial charge in [-0.15, -0.1) is 0 Å². The van der Waals surface area contributed by atoms with Crippen molar-refractivity contribution in [1.29, 1.82) is 0 Å². The molecule has 0 radical (unpaired) electrons. The summed E-state index contributed by atoms with van der Waals surface area (Å²) in [6.45, 7) is 4.16. The van der Waals surface area contributed by atoms with Gasteiger partial charge in [-0.2, -0.15) is 0 Å². The SMILES string of the molecule is Cc1ccc(Oc2ccc(CBr)c(C)c2)cc1. The molecule has 0 unspecified atom stereocenters. The molecule has 0 aliphatic rings. The lowest BCUT2D eigenvalue weighted by Crippen LogP contribution is -1.88. The first-order valence-corrected chi connectivity index (χ1v) is 6.71. The third-order valence-corrected chi connectivity index (χ3v) is 3.32. The van der Waals surface area contributed by atoms with E-state index in [1.807, 2.05) is 18.2 Å². The van der Waals surface area contributed by atoms with Crippen molar-refractivity contribution in [3.05, 3.63) is 59.2 Å². The second kappa shape index (κ2) is 5.37. The molecule has 2 aromatic rings. The van der Waals surface area contributed by atoms with Crippen LogP contribution in [0.25, 0.3) is 0 Å². The van der Waals surface area contributed by atoms with E-state index in [0.29, 0.717) is 0 Å². The quantitative estimate of drug-likeness (QED) is 0.724. The fraction of sp³-hybridized carbons (Fsp3) is 0.200. The number of halogens is 1.